The Labute approximate surface area is 170 Å². The monoisotopic (exact) mass is 406 g/mol. The van der Waals surface area contributed by atoms with Gasteiger partial charge < -0.3 is 5.32 Å². The second-order valence-corrected chi connectivity index (χ2v) is 7.47. The fraction of sp³-hybridized carbons (Fsp3) is 0.150. The van der Waals surface area contributed by atoms with Gasteiger partial charge in [0.25, 0.3) is 11.3 Å². The van der Waals surface area contributed by atoms with E-state index in [-0.39, 0.29) is 28.7 Å². The lowest BCUT2D eigenvalue weighted by Gasteiger charge is -2.07. The minimum atomic E-state index is -0.347. The molecule has 4 aromatic rings. The van der Waals surface area contributed by atoms with Crippen LogP contribution in [0.3, 0.4) is 0 Å². The van der Waals surface area contributed by atoms with E-state index in [1.807, 2.05) is 50.2 Å². The quantitative estimate of drug-likeness (QED) is 0.494. The Hall–Kier alpha value is -3.46. The van der Waals surface area contributed by atoms with Crippen LogP contribution in [0.25, 0.3) is 17.0 Å². The molecule has 0 fully saturated rings. The number of aromatic nitrogens is 5. The summed E-state index contributed by atoms with van der Waals surface area (Å²) in [6.45, 7) is 4.02. The predicted molar refractivity (Wildman–Crippen MR) is 112 cm³/mol. The number of hydrogen-bond donors (Lipinski definition) is 2. The zero-order valence-electron chi connectivity index (χ0n) is 15.8. The van der Waals surface area contributed by atoms with Crippen LogP contribution in [0, 0.1) is 13.8 Å². The molecule has 2 aromatic heterocycles. The van der Waals surface area contributed by atoms with Crippen LogP contribution in [0.4, 0.5) is 5.69 Å². The van der Waals surface area contributed by atoms with Crippen molar-refractivity contribution in [3.63, 3.8) is 0 Å². The molecule has 9 heteroatoms. The number of benzene rings is 2. The van der Waals surface area contributed by atoms with E-state index in [2.05, 4.69) is 25.6 Å². The van der Waals surface area contributed by atoms with E-state index in [0.29, 0.717) is 10.7 Å². The molecule has 0 aliphatic heterocycles. The molecular formula is C20H18N6O2S. The van der Waals surface area contributed by atoms with Gasteiger partial charge in [0.2, 0.25) is 11.1 Å². The number of aryl methyl sites for hydroxylation is 2. The highest BCUT2D eigenvalue weighted by molar-refractivity contribution is 7.99. The molecule has 0 bridgehead atoms. The van der Waals surface area contributed by atoms with Gasteiger partial charge in [-0.2, -0.15) is 9.61 Å². The van der Waals surface area contributed by atoms with Crippen molar-refractivity contribution in [1.82, 2.24) is 24.8 Å². The van der Waals surface area contributed by atoms with E-state index in [0.717, 1.165) is 11.3 Å². The molecule has 0 saturated heterocycles. The molecule has 0 aliphatic carbocycles. The smallest absolute Gasteiger partial charge is 0.279 e. The lowest BCUT2D eigenvalue weighted by atomic mass is 10.1. The number of carbonyl (C=O) groups is 1. The first kappa shape index (κ1) is 18.9. The first-order valence-electron chi connectivity index (χ1n) is 8.92. The van der Waals surface area contributed by atoms with E-state index in [1.165, 1.54) is 21.8 Å². The van der Waals surface area contributed by atoms with Gasteiger partial charge in [-0.1, -0.05) is 48.2 Å². The Morgan fingerprint density at radius 1 is 1.10 bits per heavy atom. The van der Waals surface area contributed by atoms with Gasteiger partial charge in [0.05, 0.1) is 5.75 Å². The highest BCUT2D eigenvalue weighted by Crippen LogP contribution is 2.19. The number of fused-ring (bicyclic) bond motifs is 1. The van der Waals surface area contributed by atoms with Gasteiger partial charge in [0, 0.05) is 11.3 Å². The third kappa shape index (κ3) is 4.04. The highest BCUT2D eigenvalue weighted by Gasteiger charge is 2.14. The third-order valence-electron chi connectivity index (χ3n) is 4.42. The lowest BCUT2D eigenvalue weighted by Crippen LogP contribution is -2.16. The van der Waals surface area contributed by atoms with E-state index >= 15 is 0 Å². The number of nitrogens with one attached hydrogen (secondary N) is 2. The molecule has 2 heterocycles. The van der Waals surface area contributed by atoms with Gasteiger partial charge in [-0.25, -0.2) is 0 Å². The van der Waals surface area contributed by atoms with Crippen LogP contribution >= 0.6 is 11.8 Å². The van der Waals surface area contributed by atoms with E-state index in [1.54, 1.807) is 12.1 Å². The van der Waals surface area contributed by atoms with E-state index in [4.69, 9.17) is 0 Å². The topological polar surface area (TPSA) is 105 Å². The summed E-state index contributed by atoms with van der Waals surface area (Å²) in [5, 5.41) is 15.7. The predicted octanol–water partition coefficient (Wildman–Crippen LogP) is 2.83. The molecule has 0 atom stereocenters. The summed E-state index contributed by atoms with van der Waals surface area (Å²) in [6.07, 6.45) is 0. The Morgan fingerprint density at radius 3 is 2.66 bits per heavy atom. The molecule has 2 N–H and O–H groups in total. The van der Waals surface area contributed by atoms with Crippen molar-refractivity contribution in [2.24, 2.45) is 0 Å². The summed E-state index contributed by atoms with van der Waals surface area (Å²) in [4.78, 5) is 27.3. The molecule has 0 unspecified atom stereocenters. The summed E-state index contributed by atoms with van der Waals surface area (Å²) in [7, 11) is 0. The van der Waals surface area contributed by atoms with Gasteiger partial charge in [-0.3, -0.25) is 14.6 Å². The first-order chi connectivity index (χ1) is 14.0. The first-order valence-corrected chi connectivity index (χ1v) is 9.91. The summed E-state index contributed by atoms with van der Waals surface area (Å²) in [6, 6.07) is 14.9. The fourth-order valence-corrected chi connectivity index (χ4v) is 3.44. The van der Waals surface area contributed by atoms with Crippen LogP contribution < -0.4 is 10.9 Å². The molecule has 0 saturated carbocycles. The molecule has 2 aromatic carbocycles. The van der Waals surface area contributed by atoms with Crippen molar-refractivity contribution in [3.8, 4) is 11.3 Å². The minimum absolute atomic E-state index is 0.134. The average molecular weight is 406 g/mol. The Kier molecular flexibility index (Phi) is 5.13. The number of H-pyrrole nitrogens is 1. The number of hydrogen-bond acceptors (Lipinski definition) is 6. The second kappa shape index (κ2) is 7.88. The zero-order valence-corrected chi connectivity index (χ0v) is 16.7. The van der Waals surface area contributed by atoms with Crippen LogP contribution in [0.2, 0.25) is 0 Å². The Balaban J connectivity index is 1.53. The number of rotatable bonds is 5. The SMILES string of the molecule is Cc1ccc(NC(=O)CSc2nnc3[nH]c(=O)c(-c4ccccc4)nn23)cc1C. The average Bonchev–Trinajstić information content (AvgIpc) is 3.11. The van der Waals surface area contributed by atoms with Crippen LogP contribution in [-0.4, -0.2) is 36.5 Å². The van der Waals surface area contributed by atoms with Crippen molar-refractivity contribution in [3.05, 3.63) is 70.0 Å². The molecule has 146 valence electrons. The van der Waals surface area contributed by atoms with Crippen LogP contribution in [0.5, 0.6) is 0 Å². The number of amides is 1. The maximum atomic E-state index is 12.3. The van der Waals surface area contributed by atoms with Gasteiger partial charge in [-0.05, 0) is 37.1 Å². The summed E-state index contributed by atoms with van der Waals surface area (Å²) < 4.78 is 1.44. The standard InChI is InChI=1S/C20H18N6O2S/c1-12-8-9-15(10-13(12)2)21-16(27)11-29-20-24-23-19-22-18(28)17(25-26(19)20)14-6-4-3-5-7-14/h3-10H,11H2,1-2H3,(H,21,27)(H,22,23,28). The molecular weight excluding hydrogens is 388 g/mol. The largest absolute Gasteiger partial charge is 0.325 e. The molecule has 8 nitrogen and oxygen atoms in total. The van der Waals surface area contributed by atoms with Crippen LogP contribution in [0.1, 0.15) is 11.1 Å². The summed E-state index contributed by atoms with van der Waals surface area (Å²) in [5.74, 6) is 0.198. The fourth-order valence-electron chi connectivity index (χ4n) is 2.76. The van der Waals surface area contributed by atoms with Crippen molar-refractivity contribution in [1.29, 1.82) is 0 Å². The molecule has 0 spiro atoms. The Bertz CT molecular complexity index is 1250. The number of aromatic amines is 1. The normalized spacial score (nSPS) is 11.0. The number of carbonyl (C=O) groups excluding carboxylic acids is 1. The summed E-state index contributed by atoms with van der Waals surface area (Å²) >= 11 is 1.19. The van der Waals surface area contributed by atoms with Crippen molar-refractivity contribution in [2.75, 3.05) is 11.1 Å². The second-order valence-electron chi connectivity index (χ2n) is 6.52. The maximum Gasteiger partial charge on any atom is 0.279 e. The Morgan fingerprint density at radius 2 is 1.90 bits per heavy atom. The van der Waals surface area contributed by atoms with Crippen molar-refractivity contribution in [2.45, 2.75) is 19.0 Å². The summed E-state index contributed by atoms with van der Waals surface area (Å²) in [5.41, 5.74) is 3.63. The van der Waals surface area contributed by atoms with Crippen LogP contribution in [0.15, 0.2) is 58.5 Å². The van der Waals surface area contributed by atoms with E-state index in [9.17, 15) is 9.59 Å². The molecule has 1 amide bonds. The van der Waals surface area contributed by atoms with Crippen LogP contribution in [-0.2, 0) is 4.79 Å². The van der Waals surface area contributed by atoms with Gasteiger partial charge in [0.15, 0.2) is 5.69 Å². The van der Waals surface area contributed by atoms with E-state index < -0.39 is 0 Å². The van der Waals surface area contributed by atoms with Gasteiger partial charge in [-0.15, -0.1) is 10.2 Å². The zero-order chi connectivity index (χ0) is 20.4. The highest BCUT2D eigenvalue weighted by atomic mass is 32.2. The van der Waals surface area contributed by atoms with Crippen molar-refractivity contribution >= 4 is 29.1 Å². The van der Waals surface area contributed by atoms with Gasteiger partial charge >= 0.3 is 0 Å². The number of anilines is 1. The third-order valence-corrected chi connectivity index (χ3v) is 5.34. The van der Waals surface area contributed by atoms with Crippen molar-refractivity contribution < 1.29 is 4.79 Å². The molecule has 0 radical (unpaired) electrons. The minimum Gasteiger partial charge on any atom is -0.325 e. The molecule has 0 aliphatic rings. The lowest BCUT2D eigenvalue weighted by molar-refractivity contribution is -0.113. The molecule has 4 rings (SSSR count). The number of nitrogens with zero attached hydrogens (tertiary/aromatic N) is 4. The van der Waals surface area contributed by atoms with Gasteiger partial charge in [0.1, 0.15) is 0 Å². The number of thioether (sulfide) groups is 1. The maximum absolute atomic E-state index is 12.3. The molecule has 29 heavy (non-hydrogen) atoms.